The molecule has 0 saturated carbocycles. The standard InChI is InChI=1S/C26H29N5O4S/c1-17-14-16-31(26(17,3)4)24-21(7-6-15-27-24)25(33)30-36(34,35)23-9-5-8-22(29-23)28-20-12-10-19(11-13-20)18(2)32/h5-13,15,17H,14,16H2,1-4H3,(H,28,29)(H,30,33). The molecule has 1 aliphatic heterocycles. The van der Waals surface area contributed by atoms with Gasteiger partial charge in [0.05, 0.1) is 5.56 Å². The van der Waals surface area contributed by atoms with Gasteiger partial charge in [-0.3, -0.25) is 9.59 Å². The number of aromatic nitrogens is 2. The third-order valence-electron chi connectivity index (χ3n) is 6.76. The summed E-state index contributed by atoms with van der Waals surface area (Å²) in [6, 6.07) is 14.4. The first-order valence-corrected chi connectivity index (χ1v) is 13.1. The first-order chi connectivity index (χ1) is 17.0. The van der Waals surface area contributed by atoms with Crippen molar-refractivity contribution in [2.75, 3.05) is 16.8 Å². The number of sulfonamides is 1. The van der Waals surface area contributed by atoms with E-state index < -0.39 is 15.9 Å². The number of ketones is 1. The lowest BCUT2D eigenvalue weighted by atomic mass is 9.90. The average molecular weight is 508 g/mol. The Bertz CT molecular complexity index is 1400. The smallest absolute Gasteiger partial charge is 0.281 e. The van der Waals surface area contributed by atoms with Gasteiger partial charge in [0.15, 0.2) is 10.8 Å². The van der Waals surface area contributed by atoms with Gasteiger partial charge >= 0.3 is 0 Å². The fourth-order valence-electron chi connectivity index (χ4n) is 4.20. The van der Waals surface area contributed by atoms with Crippen molar-refractivity contribution < 1.29 is 18.0 Å². The molecule has 4 rings (SSSR count). The van der Waals surface area contributed by atoms with Crippen LogP contribution in [-0.4, -0.2) is 42.2 Å². The Balaban J connectivity index is 1.55. The topological polar surface area (TPSA) is 121 Å². The molecule has 188 valence electrons. The molecule has 1 saturated heterocycles. The normalized spacial score (nSPS) is 17.0. The fourth-order valence-corrected chi connectivity index (χ4v) is 5.13. The van der Waals surface area contributed by atoms with Crippen molar-refractivity contribution in [1.82, 2.24) is 14.7 Å². The van der Waals surface area contributed by atoms with E-state index in [1.165, 1.54) is 19.1 Å². The Morgan fingerprint density at radius 1 is 1.06 bits per heavy atom. The summed E-state index contributed by atoms with van der Waals surface area (Å²) in [5, 5.41) is 2.71. The highest BCUT2D eigenvalue weighted by molar-refractivity contribution is 7.90. The number of nitrogens with zero attached hydrogens (tertiary/aromatic N) is 3. The van der Waals surface area contributed by atoms with Crippen molar-refractivity contribution in [2.45, 2.75) is 44.7 Å². The number of nitrogens with one attached hydrogen (secondary N) is 2. The average Bonchev–Trinajstić information content (AvgIpc) is 3.11. The highest BCUT2D eigenvalue weighted by Gasteiger charge is 2.40. The minimum atomic E-state index is -4.26. The molecule has 10 heteroatoms. The molecular weight excluding hydrogens is 478 g/mol. The minimum Gasteiger partial charge on any atom is -0.351 e. The van der Waals surface area contributed by atoms with E-state index in [9.17, 15) is 18.0 Å². The van der Waals surface area contributed by atoms with Gasteiger partial charge in [0.2, 0.25) is 0 Å². The monoisotopic (exact) mass is 507 g/mol. The van der Waals surface area contributed by atoms with Crippen LogP contribution in [0.5, 0.6) is 0 Å². The SMILES string of the molecule is CC(=O)c1ccc(Nc2cccc(S(=O)(=O)NC(=O)c3cccnc3N3CCC(C)C3(C)C)n2)cc1. The third-order valence-corrected chi connectivity index (χ3v) is 8.00. The molecule has 1 aromatic carbocycles. The third kappa shape index (κ3) is 5.08. The molecule has 0 radical (unpaired) electrons. The van der Waals surface area contributed by atoms with Crippen LogP contribution in [0.2, 0.25) is 0 Å². The number of anilines is 3. The van der Waals surface area contributed by atoms with Gasteiger partial charge in [-0.15, -0.1) is 0 Å². The van der Waals surface area contributed by atoms with E-state index >= 15 is 0 Å². The Labute approximate surface area is 211 Å². The largest absolute Gasteiger partial charge is 0.351 e. The number of hydrogen-bond acceptors (Lipinski definition) is 8. The second kappa shape index (κ2) is 9.69. The number of benzene rings is 1. The number of rotatable bonds is 7. The van der Waals surface area contributed by atoms with E-state index in [-0.39, 0.29) is 27.7 Å². The molecule has 3 aromatic rings. The molecule has 36 heavy (non-hydrogen) atoms. The second-order valence-corrected chi connectivity index (χ2v) is 11.1. The van der Waals surface area contributed by atoms with Crippen LogP contribution in [0.3, 0.4) is 0 Å². The summed E-state index contributed by atoms with van der Waals surface area (Å²) in [6.45, 7) is 8.54. The zero-order valence-corrected chi connectivity index (χ0v) is 21.5. The van der Waals surface area contributed by atoms with Crippen molar-refractivity contribution in [3.8, 4) is 0 Å². The number of carbonyl (C=O) groups excluding carboxylic acids is 2. The van der Waals surface area contributed by atoms with Gasteiger partial charge in [-0.1, -0.05) is 13.0 Å². The van der Waals surface area contributed by atoms with Crippen LogP contribution in [0.1, 0.15) is 54.8 Å². The maximum absolute atomic E-state index is 13.1. The van der Waals surface area contributed by atoms with E-state index in [2.05, 4.69) is 45.7 Å². The maximum atomic E-state index is 13.1. The Kier molecular flexibility index (Phi) is 6.81. The second-order valence-electron chi connectivity index (χ2n) is 9.42. The number of Topliss-reactive ketones (excluding diaryl/α,β-unsaturated/α-hetero) is 1. The van der Waals surface area contributed by atoms with E-state index in [0.29, 0.717) is 23.0 Å². The van der Waals surface area contributed by atoms with Gasteiger partial charge in [-0.25, -0.2) is 14.7 Å². The van der Waals surface area contributed by atoms with Gasteiger partial charge in [0.25, 0.3) is 15.9 Å². The molecule has 0 aliphatic carbocycles. The minimum absolute atomic E-state index is 0.0527. The number of amides is 1. The fraction of sp³-hybridized carbons (Fsp3) is 0.308. The maximum Gasteiger partial charge on any atom is 0.281 e. The van der Waals surface area contributed by atoms with Gasteiger partial charge in [0, 0.05) is 29.5 Å². The van der Waals surface area contributed by atoms with E-state index in [0.717, 1.165) is 13.0 Å². The summed E-state index contributed by atoms with van der Waals surface area (Å²) in [5.74, 6) is 0.293. The molecule has 0 bridgehead atoms. The predicted molar refractivity (Wildman–Crippen MR) is 138 cm³/mol. The van der Waals surface area contributed by atoms with Crippen molar-refractivity contribution in [1.29, 1.82) is 0 Å². The van der Waals surface area contributed by atoms with Crippen molar-refractivity contribution in [3.05, 3.63) is 71.9 Å². The Morgan fingerprint density at radius 3 is 2.42 bits per heavy atom. The van der Waals surface area contributed by atoms with Crippen LogP contribution in [0.25, 0.3) is 0 Å². The van der Waals surface area contributed by atoms with Crippen LogP contribution < -0.4 is 14.9 Å². The summed E-state index contributed by atoms with van der Waals surface area (Å²) in [6.07, 6.45) is 2.55. The van der Waals surface area contributed by atoms with Crippen molar-refractivity contribution in [2.24, 2.45) is 5.92 Å². The lowest BCUT2D eigenvalue weighted by Gasteiger charge is -2.36. The molecule has 0 spiro atoms. The molecule has 3 heterocycles. The first kappa shape index (κ1) is 25.3. The zero-order chi connectivity index (χ0) is 26.1. The summed E-state index contributed by atoms with van der Waals surface area (Å²) in [5.41, 5.74) is 1.15. The molecular formula is C26H29N5O4S. The number of carbonyl (C=O) groups is 2. The van der Waals surface area contributed by atoms with Gasteiger partial charge in [-0.2, -0.15) is 8.42 Å². The molecule has 2 aromatic heterocycles. The first-order valence-electron chi connectivity index (χ1n) is 11.6. The summed E-state index contributed by atoms with van der Waals surface area (Å²) in [4.78, 5) is 35.2. The quantitative estimate of drug-likeness (QED) is 0.457. The summed E-state index contributed by atoms with van der Waals surface area (Å²) in [7, 11) is -4.26. The van der Waals surface area contributed by atoms with E-state index in [1.807, 2.05) is 0 Å². The Hall–Kier alpha value is -3.79. The molecule has 2 N–H and O–H groups in total. The van der Waals surface area contributed by atoms with Crippen molar-refractivity contribution in [3.63, 3.8) is 0 Å². The zero-order valence-electron chi connectivity index (χ0n) is 20.6. The summed E-state index contributed by atoms with van der Waals surface area (Å²) >= 11 is 0. The summed E-state index contributed by atoms with van der Waals surface area (Å²) < 4.78 is 28.3. The van der Waals surface area contributed by atoms with Crippen LogP contribution in [0, 0.1) is 5.92 Å². The lowest BCUT2D eigenvalue weighted by molar-refractivity contribution is 0.0979. The van der Waals surface area contributed by atoms with Gasteiger partial charge in [-0.05, 0) is 81.6 Å². The molecule has 1 amide bonds. The van der Waals surface area contributed by atoms with Gasteiger partial charge in [0.1, 0.15) is 11.6 Å². The van der Waals surface area contributed by atoms with Crippen molar-refractivity contribution >= 4 is 39.0 Å². The van der Waals surface area contributed by atoms with E-state index in [4.69, 9.17) is 0 Å². The molecule has 9 nitrogen and oxygen atoms in total. The lowest BCUT2D eigenvalue weighted by Crippen LogP contribution is -2.43. The Morgan fingerprint density at radius 2 is 1.78 bits per heavy atom. The predicted octanol–water partition coefficient (Wildman–Crippen LogP) is 4.17. The molecule has 1 fully saturated rings. The molecule has 1 atom stereocenters. The molecule has 1 aliphatic rings. The molecule has 1 unspecified atom stereocenters. The van der Waals surface area contributed by atoms with Gasteiger partial charge < -0.3 is 10.2 Å². The van der Waals surface area contributed by atoms with E-state index in [1.54, 1.807) is 48.7 Å². The van der Waals surface area contributed by atoms with Crippen LogP contribution in [0.15, 0.2) is 65.8 Å². The highest BCUT2D eigenvalue weighted by atomic mass is 32.2. The highest BCUT2D eigenvalue weighted by Crippen LogP contribution is 2.38. The number of hydrogen-bond donors (Lipinski definition) is 2. The van der Waals surface area contributed by atoms with Crippen LogP contribution in [-0.2, 0) is 10.0 Å². The van der Waals surface area contributed by atoms with Crippen LogP contribution in [0.4, 0.5) is 17.3 Å². The van der Waals surface area contributed by atoms with Crippen LogP contribution >= 0.6 is 0 Å². The number of pyridine rings is 2.